The van der Waals surface area contributed by atoms with Crippen LogP contribution in [0, 0.1) is 0 Å². The van der Waals surface area contributed by atoms with Gasteiger partial charge in [0.1, 0.15) is 5.54 Å². The zero-order chi connectivity index (χ0) is 13.6. The standard InChI is InChI=1S/C13H18N2O3/c1-13(2,12(17)18-3)15-11(16)5-4-10-6-8-14-9-7-10/h6-9H,4-5H2,1-3H3,(H,15,16). The lowest BCUT2D eigenvalue weighted by Crippen LogP contribution is -2.50. The first-order chi connectivity index (χ1) is 8.45. The van der Waals surface area contributed by atoms with Gasteiger partial charge < -0.3 is 10.1 Å². The quantitative estimate of drug-likeness (QED) is 0.794. The highest BCUT2D eigenvalue weighted by Gasteiger charge is 2.30. The molecule has 0 atom stereocenters. The van der Waals surface area contributed by atoms with Gasteiger partial charge in [-0.3, -0.25) is 9.78 Å². The molecular formula is C13H18N2O3. The molecule has 0 aliphatic heterocycles. The Morgan fingerprint density at radius 1 is 1.33 bits per heavy atom. The molecule has 1 heterocycles. The first kappa shape index (κ1) is 14.2. The van der Waals surface area contributed by atoms with Crippen molar-refractivity contribution in [3.05, 3.63) is 30.1 Å². The molecule has 1 amide bonds. The molecule has 0 aliphatic rings. The molecule has 0 bridgehead atoms. The SMILES string of the molecule is COC(=O)C(C)(C)NC(=O)CCc1ccncc1. The van der Waals surface area contributed by atoms with Crippen LogP contribution in [0.25, 0.3) is 0 Å². The molecule has 1 aromatic rings. The molecule has 0 saturated carbocycles. The third-order valence-electron chi connectivity index (χ3n) is 2.54. The fraction of sp³-hybridized carbons (Fsp3) is 0.462. The zero-order valence-corrected chi connectivity index (χ0v) is 10.9. The predicted molar refractivity (Wildman–Crippen MR) is 66.8 cm³/mol. The molecular weight excluding hydrogens is 232 g/mol. The minimum absolute atomic E-state index is 0.179. The first-order valence-corrected chi connectivity index (χ1v) is 5.74. The van der Waals surface area contributed by atoms with E-state index in [1.807, 2.05) is 12.1 Å². The van der Waals surface area contributed by atoms with E-state index in [2.05, 4.69) is 15.0 Å². The number of methoxy groups -OCH3 is 1. The van der Waals surface area contributed by atoms with E-state index >= 15 is 0 Å². The molecule has 0 spiro atoms. The average Bonchev–Trinajstić information content (AvgIpc) is 2.36. The Labute approximate surface area is 107 Å². The molecule has 0 aliphatic carbocycles. The summed E-state index contributed by atoms with van der Waals surface area (Å²) in [6.45, 7) is 3.23. The summed E-state index contributed by atoms with van der Waals surface area (Å²) in [4.78, 5) is 27.0. The van der Waals surface area contributed by atoms with E-state index in [0.29, 0.717) is 12.8 Å². The number of esters is 1. The number of amides is 1. The summed E-state index contributed by atoms with van der Waals surface area (Å²) in [5, 5.41) is 2.65. The average molecular weight is 250 g/mol. The van der Waals surface area contributed by atoms with Crippen LogP contribution in [-0.2, 0) is 20.7 Å². The number of rotatable bonds is 5. The summed E-state index contributed by atoms with van der Waals surface area (Å²) in [7, 11) is 1.30. The first-order valence-electron chi connectivity index (χ1n) is 5.74. The van der Waals surface area contributed by atoms with E-state index in [1.165, 1.54) is 7.11 Å². The summed E-state index contributed by atoms with van der Waals surface area (Å²) in [6.07, 6.45) is 4.31. The van der Waals surface area contributed by atoms with Gasteiger partial charge in [0.05, 0.1) is 7.11 Å². The van der Waals surface area contributed by atoms with Gasteiger partial charge in [0.25, 0.3) is 0 Å². The summed E-state index contributed by atoms with van der Waals surface area (Å²) in [5.41, 5.74) is 0.0420. The van der Waals surface area contributed by atoms with Gasteiger partial charge in [-0.25, -0.2) is 4.79 Å². The molecule has 0 fully saturated rings. The minimum Gasteiger partial charge on any atom is -0.467 e. The van der Waals surface area contributed by atoms with Crippen LogP contribution in [0.3, 0.4) is 0 Å². The molecule has 1 rings (SSSR count). The van der Waals surface area contributed by atoms with E-state index in [4.69, 9.17) is 0 Å². The van der Waals surface area contributed by atoms with Crippen molar-refractivity contribution in [1.82, 2.24) is 10.3 Å². The van der Waals surface area contributed by atoms with Crippen LogP contribution >= 0.6 is 0 Å². The molecule has 0 unspecified atom stereocenters. The summed E-state index contributed by atoms with van der Waals surface area (Å²) < 4.78 is 4.62. The normalized spacial score (nSPS) is 10.8. The van der Waals surface area contributed by atoms with E-state index in [1.54, 1.807) is 26.2 Å². The molecule has 1 aromatic heterocycles. The van der Waals surface area contributed by atoms with E-state index in [9.17, 15) is 9.59 Å². The molecule has 0 radical (unpaired) electrons. The van der Waals surface area contributed by atoms with Crippen molar-refractivity contribution in [1.29, 1.82) is 0 Å². The third-order valence-corrected chi connectivity index (χ3v) is 2.54. The Bertz CT molecular complexity index is 416. The van der Waals surface area contributed by atoms with Crippen molar-refractivity contribution in [2.75, 3.05) is 7.11 Å². The van der Waals surface area contributed by atoms with Crippen molar-refractivity contribution in [2.24, 2.45) is 0 Å². The highest BCUT2D eigenvalue weighted by Crippen LogP contribution is 2.06. The number of pyridine rings is 1. The van der Waals surface area contributed by atoms with Crippen molar-refractivity contribution >= 4 is 11.9 Å². The van der Waals surface area contributed by atoms with Gasteiger partial charge in [-0.2, -0.15) is 0 Å². The van der Waals surface area contributed by atoms with Gasteiger partial charge in [0.15, 0.2) is 0 Å². The monoisotopic (exact) mass is 250 g/mol. The smallest absolute Gasteiger partial charge is 0.330 e. The van der Waals surface area contributed by atoms with Gasteiger partial charge in [-0.05, 0) is 38.0 Å². The lowest BCUT2D eigenvalue weighted by Gasteiger charge is -2.23. The number of nitrogens with zero attached hydrogens (tertiary/aromatic N) is 1. The lowest BCUT2D eigenvalue weighted by molar-refractivity contribution is -0.149. The second-order valence-electron chi connectivity index (χ2n) is 4.52. The van der Waals surface area contributed by atoms with Gasteiger partial charge in [0.2, 0.25) is 5.91 Å². The number of aromatic nitrogens is 1. The van der Waals surface area contributed by atoms with E-state index in [0.717, 1.165) is 5.56 Å². The molecule has 5 heteroatoms. The molecule has 5 nitrogen and oxygen atoms in total. The van der Waals surface area contributed by atoms with E-state index in [-0.39, 0.29) is 5.91 Å². The minimum atomic E-state index is -0.996. The fourth-order valence-electron chi connectivity index (χ4n) is 1.52. The van der Waals surface area contributed by atoms with Gasteiger partial charge in [0, 0.05) is 18.8 Å². The summed E-state index contributed by atoms with van der Waals surface area (Å²) >= 11 is 0. The van der Waals surface area contributed by atoms with Crippen molar-refractivity contribution in [3.8, 4) is 0 Å². The maximum Gasteiger partial charge on any atom is 0.330 e. The number of hydrogen-bond donors (Lipinski definition) is 1. The second-order valence-corrected chi connectivity index (χ2v) is 4.52. The highest BCUT2D eigenvalue weighted by atomic mass is 16.5. The maximum absolute atomic E-state index is 11.7. The van der Waals surface area contributed by atoms with Gasteiger partial charge in [-0.1, -0.05) is 0 Å². The summed E-state index contributed by atoms with van der Waals surface area (Å²) in [6, 6.07) is 3.72. The Balaban J connectivity index is 2.45. The molecule has 98 valence electrons. The van der Waals surface area contributed by atoms with Crippen LogP contribution in [0.4, 0.5) is 0 Å². The number of carbonyl (C=O) groups excluding carboxylic acids is 2. The maximum atomic E-state index is 11.7. The van der Waals surface area contributed by atoms with Crippen molar-refractivity contribution in [2.45, 2.75) is 32.2 Å². The van der Waals surface area contributed by atoms with Crippen LogP contribution in [-0.4, -0.2) is 29.5 Å². The predicted octanol–water partition coefficient (Wildman–Crippen LogP) is 1.08. The number of hydrogen-bond acceptors (Lipinski definition) is 4. The number of nitrogens with one attached hydrogen (secondary N) is 1. The Morgan fingerprint density at radius 3 is 2.50 bits per heavy atom. The zero-order valence-electron chi connectivity index (χ0n) is 10.9. The Hall–Kier alpha value is -1.91. The van der Waals surface area contributed by atoms with Crippen molar-refractivity contribution in [3.63, 3.8) is 0 Å². The number of ether oxygens (including phenoxy) is 1. The molecule has 18 heavy (non-hydrogen) atoms. The molecule has 1 N–H and O–H groups in total. The molecule has 0 aromatic carbocycles. The van der Waals surface area contributed by atoms with Crippen LogP contribution in [0.1, 0.15) is 25.8 Å². The van der Waals surface area contributed by atoms with Crippen LogP contribution in [0.5, 0.6) is 0 Å². The van der Waals surface area contributed by atoms with Crippen LogP contribution < -0.4 is 5.32 Å². The second kappa shape index (κ2) is 6.14. The number of aryl methyl sites for hydroxylation is 1. The summed E-state index contributed by atoms with van der Waals surface area (Å²) in [5.74, 6) is -0.637. The van der Waals surface area contributed by atoms with Crippen molar-refractivity contribution < 1.29 is 14.3 Å². The number of carbonyl (C=O) groups is 2. The lowest BCUT2D eigenvalue weighted by atomic mass is 10.1. The largest absolute Gasteiger partial charge is 0.467 e. The van der Waals surface area contributed by atoms with Crippen LogP contribution in [0.2, 0.25) is 0 Å². The van der Waals surface area contributed by atoms with Gasteiger partial charge >= 0.3 is 5.97 Å². The fourth-order valence-corrected chi connectivity index (χ4v) is 1.52. The van der Waals surface area contributed by atoms with Crippen LogP contribution in [0.15, 0.2) is 24.5 Å². The Morgan fingerprint density at radius 2 is 1.94 bits per heavy atom. The Kier molecular flexibility index (Phi) is 4.83. The molecule has 0 saturated heterocycles. The third kappa shape index (κ3) is 4.16. The van der Waals surface area contributed by atoms with E-state index < -0.39 is 11.5 Å². The topological polar surface area (TPSA) is 68.3 Å². The highest BCUT2D eigenvalue weighted by molar-refractivity contribution is 5.87. The van der Waals surface area contributed by atoms with Gasteiger partial charge in [-0.15, -0.1) is 0 Å².